The van der Waals surface area contributed by atoms with Crippen LogP contribution < -0.4 is 5.73 Å². The summed E-state index contributed by atoms with van der Waals surface area (Å²) in [5.74, 6) is 2.45. The molecule has 2 aliphatic carbocycles. The summed E-state index contributed by atoms with van der Waals surface area (Å²) >= 11 is 0. The Balaban J connectivity index is 1.37. The second-order valence-corrected chi connectivity index (χ2v) is 10.3. The summed E-state index contributed by atoms with van der Waals surface area (Å²) < 4.78 is 0. The zero-order valence-electron chi connectivity index (χ0n) is 19.7. The van der Waals surface area contributed by atoms with Crippen molar-refractivity contribution in [2.75, 3.05) is 26.7 Å². The Morgan fingerprint density at radius 1 is 0.935 bits per heavy atom. The second-order valence-electron chi connectivity index (χ2n) is 10.3. The first-order valence-corrected chi connectivity index (χ1v) is 12.9. The first-order valence-electron chi connectivity index (χ1n) is 12.9. The van der Waals surface area contributed by atoms with E-state index in [9.17, 15) is 9.59 Å². The van der Waals surface area contributed by atoms with E-state index < -0.39 is 0 Å². The molecule has 6 nitrogen and oxygen atoms in total. The summed E-state index contributed by atoms with van der Waals surface area (Å²) in [6.07, 6.45) is 17.2. The average Bonchev–Trinajstić information content (AvgIpc) is 3.30. The van der Waals surface area contributed by atoms with Gasteiger partial charge in [0.15, 0.2) is 5.96 Å². The summed E-state index contributed by atoms with van der Waals surface area (Å²) in [6.45, 7) is 2.25. The van der Waals surface area contributed by atoms with E-state index in [1.165, 1.54) is 62.7 Å². The maximum Gasteiger partial charge on any atom is 0.229 e. The molecule has 31 heavy (non-hydrogen) atoms. The Morgan fingerprint density at radius 2 is 1.58 bits per heavy atom. The molecule has 2 amide bonds. The van der Waals surface area contributed by atoms with Gasteiger partial charge in [-0.25, -0.2) is 0 Å². The molecule has 3 aliphatic rings. The van der Waals surface area contributed by atoms with Gasteiger partial charge in [0.05, 0.1) is 0 Å². The number of carbonyl (C=O) groups excluding carboxylic acids is 2. The van der Waals surface area contributed by atoms with Gasteiger partial charge in [-0.15, -0.1) is 0 Å². The van der Waals surface area contributed by atoms with Crippen molar-refractivity contribution in [2.45, 2.75) is 96.3 Å². The van der Waals surface area contributed by atoms with E-state index in [1.54, 1.807) is 7.05 Å². The van der Waals surface area contributed by atoms with Crippen molar-refractivity contribution in [1.82, 2.24) is 9.80 Å². The van der Waals surface area contributed by atoms with Crippen molar-refractivity contribution in [3.05, 3.63) is 0 Å². The Labute approximate surface area is 189 Å². The number of nitrogens with zero attached hydrogens (tertiary/aromatic N) is 3. The van der Waals surface area contributed by atoms with E-state index in [0.717, 1.165) is 51.1 Å². The average molecular weight is 433 g/mol. The first-order chi connectivity index (χ1) is 15.0. The monoisotopic (exact) mass is 432 g/mol. The fraction of sp³-hybridized carbons (Fsp3) is 0.880. The molecule has 3 rings (SSSR count). The molecular formula is C25H44N4O2. The number of hydrogen-bond donors (Lipinski definition) is 1. The lowest BCUT2D eigenvalue weighted by Gasteiger charge is -2.33. The Bertz CT molecular complexity index is 609. The molecule has 0 aromatic carbocycles. The molecule has 0 bridgehead atoms. The number of amides is 2. The molecule has 0 spiro atoms. The van der Waals surface area contributed by atoms with Crippen LogP contribution in [0.25, 0.3) is 0 Å². The molecule has 1 saturated heterocycles. The van der Waals surface area contributed by atoms with Crippen LogP contribution in [-0.4, -0.2) is 54.3 Å². The zero-order chi connectivity index (χ0) is 22.1. The van der Waals surface area contributed by atoms with Gasteiger partial charge in [-0.1, -0.05) is 44.9 Å². The van der Waals surface area contributed by atoms with Crippen molar-refractivity contribution in [2.24, 2.45) is 28.5 Å². The number of nitrogens with two attached hydrogens (primary N) is 1. The standard InChI is InChI=1S/C25H44N4O2/c1-28(23(30)15-7-13-20-9-3-2-4-10-20)25(26)27-18-22-14-8-16-29(19-22)24(31)17-21-11-5-6-12-21/h20-22H,2-19H2,1H3,(H2,26,27). The third-order valence-electron chi connectivity index (χ3n) is 7.77. The molecule has 176 valence electrons. The predicted octanol–water partition coefficient (Wildman–Crippen LogP) is 4.33. The van der Waals surface area contributed by atoms with Gasteiger partial charge in [0.2, 0.25) is 11.8 Å². The minimum absolute atomic E-state index is 0.0640. The van der Waals surface area contributed by atoms with Gasteiger partial charge < -0.3 is 10.6 Å². The van der Waals surface area contributed by atoms with Crippen molar-refractivity contribution in [3.8, 4) is 0 Å². The quantitative estimate of drug-likeness (QED) is 0.458. The summed E-state index contributed by atoms with van der Waals surface area (Å²) in [5.41, 5.74) is 6.13. The van der Waals surface area contributed by atoms with Gasteiger partial charge in [0, 0.05) is 39.5 Å². The molecule has 0 aromatic heterocycles. The smallest absolute Gasteiger partial charge is 0.229 e. The second kappa shape index (κ2) is 12.4. The number of piperidine rings is 1. The van der Waals surface area contributed by atoms with Crippen LogP contribution in [0.3, 0.4) is 0 Å². The van der Waals surface area contributed by atoms with Crippen LogP contribution in [-0.2, 0) is 9.59 Å². The SMILES string of the molecule is CN(C(=O)CCCC1CCCCC1)C(N)=NCC1CCCN(C(=O)CC2CCCC2)C1. The van der Waals surface area contributed by atoms with Gasteiger partial charge in [-0.2, -0.15) is 0 Å². The van der Waals surface area contributed by atoms with E-state index in [2.05, 4.69) is 4.99 Å². The summed E-state index contributed by atoms with van der Waals surface area (Å²) in [6, 6.07) is 0. The highest BCUT2D eigenvalue weighted by molar-refractivity contribution is 5.95. The lowest BCUT2D eigenvalue weighted by atomic mass is 9.86. The van der Waals surface area contributed by atoms with Crippen molar-refractivity contribution in [1.29, 1.82) is 0 Å². The van der Waals surface area contributed by atoms with E-state index in [4.69, 9.17) is 5.73 Å². The third-order valence-corrected chi connectivity index (χ3v) is 7.77. The molecule has 6 heteroatoms. The number of rotatable bonds is 8. The highest BCUT2D eigenvalue weighted by atomic mass is 16.2. The lowest BCUT2D eigenvalue weighted by Crippen LogP contribution is -2.42. The van der Waals surface area contributed by atoms with Gasteiger partial charge in [0.25, 0.3) is 0 Å². The van der Waals surface area contributed by atoms with Crippen LogP contribution in [0, 0.1) is 17.8 Å². The molecule has 0 radical (unpaired) electrons. The molecule has 1 heterocycles. The number of hydrogen-bond acceptors (Lipinski definition) is 3. The van der Waals surface area contributed by atoms with E-state index in [1.807, 2.05) is 4.90 Å². The highest BCUT2D eigenvalue weighted by Crippen LogP contribution is 2.29. The largest absolute Gasteiger partial charge is 0.369 e. The molecule has 3 fully saturated rings. The van der Waals surface area contributed by atoms with Crippen LogP contribution in [0.15, 0.2) is 4.99 Å². The molecule has 2 N–H and O–H groups in total. The Morgan fingerprint density at radius 3 is 2.32 bits per heavy atom. The van der Waals surface area contributed by atoms with Crippen LogP contribution >= 0.6 is 0 Å². The zero-order valence-corrected chi connectivity index (χ0v) is 19.7. The van der Waals surface area contributed by atoms with Gasteiger partial charge in [-0.3, -0.25) is 19.5 Å². The molecule has 2 saturated carbocycles. The number of guanidine groups is 1. The maximum absolute atomic E-state index is 12.7. The Hall–Kier alpha value is -1.59. The lowest BCUT2D eigenvalue weighted by molar-refractivity contribution is -0.134. The minimum Gasteiger partial charge on any atom is -0.369 e. The minimum atomic E-state index is 0.0640. The normalized spacial score (nSPS) is 23.8. The molecule has 1 atom stereocenters. The van der Waals surface area contributed by atoms with Crippen LogP contribution in [0.4, 0.5) is 0 Å². The maximum atomic E-state index is 12.7. The van der Waals surface area contributed by atoms with Crippen molar-refractivity contribution in [3.63, 3.8) is 0 Å². The predicted molar refractivity (Wildman–Crippen MR) is 126 cm³/mol. The third kappa shape index (κ3) is 7.80. The van der Waals surface area contributed by atoms with Crippen LogP contribution in [0.2, 0.25) is 0 Å². The molecular weight excluding hydrogens is 388 g/mol. The van der Waals surface area contributed by atoms with Crippen molar-refractivity contribution < 1.29 is 9.59 Å². The molecule has 1 aliphatic heterocycles. The number of carbonyl (C=O) groups is 2. The van der Waals surface area contributed by atoms with Crippen LogP contribution in [0.5, 0.6) is 0 Å². The summed E-state index contributed by atoms with van der Waals surface area (Å²) in [4.78, 5) is 33.2. The van der Waals surface area contributed by atoms with E-state index >= 15 is 0 Å². The van der Waals surface area contributed by atoms with E-state index in [-0.39, 0.29) is 5.91 Å². The topological polar surface area (TPSA) is 79.0 Å². The number of likely N-dealkylation sites (tertiary alicyclic amines) is 1. The Kier molecular flexibility index (Phi) is 9.66. The number of aliphatic imine (C=N–C) groups is 1. The van der Waals surface area contributed by atoms with Crippen molar-refractivity contribution >= 4 is 17.8 Å². The summed E-state index contributed by atoms with van der Waals surface area (Å²) in [7, 11) is 1.74. The highest BCUT2D eigenvalue weighted by Gasteiger charge is 2.27. The molecule has 1 unspecified atom stereocenters. The van der Waals surface area contributed by atoms with Gasteiger partial charge in [-0.05, 0) is 56.3 Å². The fourth-order valence-electron chi connectivity index (χ4n) is 5.67. The summed E-state index contributed by atoms with van der Waals surface area (Å²) in [5, 5.41) is 0. The molecule has 0 aromatic rings. The van der Waals surface area contributed by atoms with Crippen LogP contribution in [0.1, 0.15) is 96.3 Å². The van der Waals surface area contributed by atoms with E-state index in [0.29, 0.717) is 36.7 Å². The van der Waals surface area contributed by atoms with Gasteiger partial charge >= 0.3 is 0 Å². The fourth-order valence-corrected chi connectivity index (χ4v) is 5.67. The van der Waals surface area contributed by atoms with Gasteiger partial charge in [0.1, 0.15) is 0 Å². The first kappa shape index (κ1) is 24.1.